The number of ether oxygens (including phenoxy) is 1. The van der Waals surface area contributed by atoms with Gasteiger partial charge in [-0.05, 0) is 6.92 Å². The first-order valence-corrected chi connectivity index (χ1v) is 7.01. The summed E-state index contributed by atoms with van der Waals surface area (Å²) in [6, 6.07) is 0. The molecule has 0 amide bonds. The molecule has 0 atom stereocenters. The van der Waals surface area contributed by atoms with Gasteiger partial charge >= 0.3 is 11.9 Å². The third-order valence-corrected chi connectivity index (χ3v) is 3.22. The fraction of sp³-hybridized carbons (Fsp3) is 0.583. The van der Waals surface area contributed by atoms with Crippen LogP contribution >= 0.6 is 11.3 Å². The summed E-state index contributed by atoms with van der Waals surface area (Å²) in [7, 11) is 0. The minimum absolute atomic E-state index is 0.117. The second-order valence-electron chi connectivity index (χ2n) is 3.86. The Morgan fingerprint density at radius 3 is 2.95 bits per heavy atom. The van der Waals surface area contributed by atoms with Crippen molar-refractivity contribution in [1.29, 1.82) is 0 Å². The molecule has 0 unspecified atom stereocenters. The monoisotopic (exact) mass is 286 g/mol. The summed E-state index contributed by atoms with van der Waals surface area (Å²) < 4.78 is 4.85. The number of hydrogen-bond acceptors (Lipinski definition) is 6. The lowest BCUT2D eigenvalue weighted by Crippen LogP contribution is -2.20. The summed E-state index contributed by atoms with van der Waals surface area (Å²) >= 11 is 1.50. The van der Waals surface area contributed by atoms with Gasteiger partial charge in [-0.2, -0.15) is 0 Å². The third-order valence-electron chi connectivity index (χ3n) is 2.26. The number of carboxylic acids is 1. The number of carboxylic acid groups (broad SMARTS) is 1. The summed E-state index contributed by atoms with van der Waals surface area (Å²) in [6.07, 6.45) is 1.05. The molecule has 2 N–H and O–H groups in total. The summed E-state index contributed by atoms with van der Waals surface area (Å²) in [4.78, 5) is 25.9. The molecule has 0 aliphatic rings. The van der Waals surface area contributed by atoms with E-state index in [9.17, 15) is 9.59 Å². The number of nitrogens with one attached hydrogen (secondary N) is 1. The molecule has 106 valence electrons. The van der Waals surface area contributed by atoms with Crippen LogP contribution in [-0.4, -0.2) is 41.7 Å². The molecule has 1 heterocycles. The SMILES string of the molecule is CCOC(=O)Cc1csc(CCNCCC(=O)O)n1. The second kappa shape index (κ2) is 8.60. The van der Waals surface area contributed by atoms with E-state index in [2.05, 4.69) is 10.3 Å². The van der Waals surface area contributed by atoms with Gasteiger partial charge in [-0.3, -0.25) is 9.59 Å². The zero-order valence-electron chi connectivity index (χ0n) is 10.8. The van der Waals surface area contributed by atoms with Crippen molar-refractivity contribution < 1.29 is 19.4 Å². The largest absolute Gasteiger partial charge is 0.481 e. The lowest BCUT2D eigenvalue weighted by atomic mass is 10.3. The first-order chi connectivity index (χ1) is 9.11. The number of thiazole rings is 1. The first kappa shape index (κ1) is 15.6. The lowest BCUT2D eigenvalue weighted by molar-refractivity contribution is -0.142. The molecular weight excluding hydrogens is 268 g/mol. The van der Waals surface area contributed by atoms with Crippen LogP contribution in [0.2, 0.25) is 0 Å². The van der Waals surface area contributed by atoms with Crippen LogP contribution in [0, 0.1) is 0 Å². The molecule has 0 bridgehead atoms. The Labute approximate surface area is 115 Å². The number of esters is 1. The number of rotatable bonds is 9. The molecule has 0 fully saturated rings. The number of hydrogen-bond donors (Lipinski definition) is 2. The topological polar surface area (TPSA) is 88.5 Å². The van der Waals surface area contributed by atoms with E-state index in [0.29, 0.717) is 19.7 Å². The predicted molar refractivity (Wildman–Crippen MR) is 71.3 cm³/mol. The van der Waals surface area contributed by atoms with Gasteiger partial charge in [-0.25, -0.2) is 4.98 Å². The van der Waals surface area contributed by atoms with Crippen molar-refractivity contribution in [2.45, 2.75) is 26.2 Å². The Morgan fingerprint density at radius 1 is 1.47 bits per heavy atom. The standard InChI is InChI=1S/C12H18N2O4S/c1-2-18-12(17)7-9-8-19-10(14-9)3-5-13-6-4-11(15)16/h8,13H,2-7H2,1H3,(H,15,16). The van der Waals surface area contributed by atoms with E-state index in [1.807, 2.05) is 5.38 Å². The highest BCUT2D eigenvalue weighted by molar-refractivity contribution is 7.09. The Kier molecular flexibility index (Phi) is 7.06. The molecule has 0 radical (unpaired) electrons. The lowest BCUT2D eigenvalue weighted by Gasteiger charge is -2.00. The highest BCUT2D eigenvalue weighted by Gasteiger charge is 2.08. The first-order valence-electron chi connectivity index (χ1n) is 6.13. The molecule has 7 heteroatoms. The molecule has 0 aromatic carbocycles. The number of aromatic nitrogens is 1. The number of aliphatic carboxylic acids is 1. The minimum atomic E-state index is -0.807. The van der Waals surface area contributed by atoms with Crippen LogP contribution in [0.4, 0.5) is 0 Å². The van der Waals surface area contributed by atoms with Gasteiger partial charge in [0.2, 0.25) is 0 Å². The van der Waals surface area contributed by atoms with Crippen LogP contribution in [0.5, 0.6) is 0 Å². The minimum Gasteiger partial charge on any atom is -0.481 e. The predicted octanol–water partition coefficient (Wildman–Crippen LogP) is 0.856. The van der Waals surface area contributed by atoms with Gasteiger partial charge < -0.3 is 15.2 Å². The molecule has 1 rings (SSSR count). The molecule has 6 nitrogen and oxygen atoms in total. The van der Waals surface area contributed by atoms with Crippen molar-refractivity contribution in [1.82, 2.24) is 10.3 Å². The summed E-state index contributed by atoms with van der Waals surface area (Å²) in [6.45, 7) is 3.28. The zero-order chi connectivity index (χ0) is 14.1. The Hall–Kier alpha value is -1.47. The summed E-state index contributed by atoms with van der Waals surface area (Å²) in [5, 5.41) is 14.3. The average Bonchev–Trinajstić information content (AvgIpc) is 2.76. The van der Waals surface area contributed by atoms with Crippen LogP contribution in [0.25, 0.3) is 0 Å². The van der Waals surface area contributed by atoms with Gasteiger partial charge in [0.15, 0.2) is 0 Å². The molecule has 0 aliphatic heterocycles. The summed E-state index contributed by atoms with van der Waals surface area (Å²) in [5.41, 5.74) is 0.726. The summed E-state index contributed by atoms with van der Waals surface area (Å²) in [5.74, 6) is -1.07. The van der Waals surface area contributed by atoms with Gasteiger partial charge in [0.1, 0.15) is 0 Å². The number of nitrogens with zero attached hydrogens (tertiary/aromatic N) is 1. The van der Waals surface area contributed by atoms with Crippen LogP contribution in [0.15, 0.2) is 5.38 Å². The van der Waals surface area contributed by atoms with E-state index >= 15 is 0 Å². The maximum absolute atomic E-state index is 11.3. The Bertz CT molecular complexity index is 420. The van der Waals surface area contributed by atoms with E-state index in [1.165, 1.54) is 11.3 Å². The van der Waals surface area contributed by atoms with Gasteiger partial charge in [0, 0.05) is 24.9 Å². The van der Waals surface area contributed by atoms with Crippen molar-refractivity contribution in [3.05, 3.63) is 16.1 Å². The normalized spacial score (nSPS) is 10.4. The zero-order valence-corrected chi connectivity index (χ0v) is 11.7. The molecule has 19 heavy (non-hydrogen) atoms. The molecule has 0 saturated carbocycles. The van der Waals surface area contributed by atoms with E-state index < -0.39 is 5.97 Å². The van der Waals surface area contributed by atoms with Crippen molar-refractivity contribution in [3.8, 4) is 0 Å². The van der Waals surface area contributed by atoms with E-state index in [-0.39, 0.29) is 18.8 Å². The molecule has 1 aromatic heterocycles. The number of carbonyl (C=O) groups excluding carboxylic acids is 1. The van der Waals surface area contributed by atoms with E-state index in [0.717, 1.165) is 17.1 Å². The quantitative estimate of drug-likeness (QED) is 0.517. The third kappa shape index (κ3) is 6.88. The van der Waals surface area contributed by atoms with Gasteiger partial charge in [-0.15, -0.1) is 11.3 Å². The van der Waals surface area contributed by atoms with Crippen molar-refractivity contribution in [3.63, 3.8) is 0 Å². The highest BCUT2D eigenvalue weighted by Crippen LogP contribution is 2.11. The molecule has 0 aliphatic carbocycles. The van der Waals surface area contributed by atoms with Crippen LogP contribution < -0.4 is 5.32 Å². The fourth-order valence-corrected chi connectivity index (χ4v) is 2.22. The van der Waals surface area contributed by atoms with Crippen LogP contribution in [-0.2, 0) is 27.2 Å². The smallest absolute Gasteiger partial charge is 0.311 e. The van der Waals surface area contributed by atoms with E-state index in [1.54, 1.807) is 6.92 Å². The highest BCUT2D eigenvalue weighted by atomic mass is 32.1. The maximum Gasteiger partial charge on any atom is 0.311 e. The second-order valence-corrected chi connectivity index (χ2v) is 4.80. The van der Waals surface area contributed by atoms with Crippen molar-refractivity contribution in [2.75, 3.05) is 19.7 Å². The van der Waals surface area contributed by atoms with Crippen LogP contribution in [0.1, 0.15) is 24.0 Å². The van der Waals surface area contributed by atoms with Gasteiger partial charge in [0.25, 0.3) is 0 Å². The molecule has 0 saturated heterocycles. The van der Waals surface area contributed by atoms with Crippen molar-refractivity contribution in [2.24, 2.45) is 0 Å². The van der Waals surface area contributed by atoms with Gasteiger partial charge in [-0.1, -0.05) is 0 Å². The molecule has 1 aromatic rings. The Balaban J connectivity index is 2.23. The van der Waals surface area contributed by atoms with Crippen LogP contribution in [0.3, 0.4) is 0 Å². The fourth-order valence-electron chi connectivity index (χ4n) is 1.42. The number of carbonyl (C=O) groups is 2. The van der Waals surface area contributed by atoms with Crippen molar-refractivity contribution >= 4 is 23.3 Å². The molecular formula is C12H18N2O4S. The van der Waals surface area contributed by atoms with E-state index in [4.69, 9.17) is 9.84 Å². The average molecular weight is 286 g/mol. The molecule has 0 spiro atoms. The Morgan fingerprint density at radius 2 is 2.26 bits per heavy atom. The van der Waals surface area contributed by atoms with Gasteiger partial charge in [0.05, 0.1) is 30.2 Å². The maximum atomic E-state index is 11.3.